The minimum absolute atomic E-state index is 0.373. The molecule has 15 heavy (non-hydrogen) atoms. The molecular formula is C11H18O4. The van der Waals surface area contributed by atoms with Gasteiger partial charge in [0.1, 0.15) is 11.4 Å². The lowest BCUT2D eigenvalue weighted by atomic mass is 10.2. The Morgan fingerprint density at radius 2 is 2.20 bits per heavy atom. The lowest BCUT2D eigenvalue weighted by Gasteiger charge is -2.21. The fourth-order valence-corrected chi connectivity index (χ4v) is 1.20. The third-order valence-corrected chi connectivity index (χ3v) is 1.80. The summed E-state index contributed by atoms with van der Waals surface area (Å²) < 4.78 is 15.4. The number of ether oxygens (including phenoxy) is 3. The number of hydrogen-bond acceptors (Lipinski definition) is 4. The molecule has 0 bridgehead atoms. The third-order valence-electron chi connectivity index (χ3n) is 1.80. The summed E-state index contributed by atoms with van der Waals surface area (Å²) in [6, 6.07) is 0. The van der Waals surface area contributed by atoms with Crippen LogP contribution in [0.3, 0.4) is 0 Å². The van der Waals surface area contributed by atoms with Crippen LogP contribution in [0.2, 0.25) is 0 Å². The first-order valence-corrected chi connectivity index (χ1v) is 5.11. The summed E-state index contributed by atoms with van der Waals surface area (Å²) in [7, 11) is 0. The molecule has 0 fully saturated rings. The first-order valence-electron chi connectivity index (χ1n) is 5.11. The largest absolute Gasteiger partial charge is 0.509 e. The molecule has 4 heteroatoms. The molecule has 1 rings (SSSR count). The fraction of sp³-hybridized carbons (Fsp3) is 0.727. The van der Waals surface area contributed by atoms with Crippen molar-refractivity contribution in [3.63, 3.8) is 0 Å². The topological polar surface area (TPSA) is 44.8 Å². The second-order valence-electron chi connectivity index (χ2n) is 4.47. The van der Waals surface area contributed by atoms with Gasteiger partial charge >= 0.3 is 6.16 Å². The van der Waals surface area contributed by atoms with E-state index in [1.165, 1.54) is 0 Å². The van der Waals surface area contributed by atoms with Gasteiger partial charge in [0.25, 0.3) is 0 Å². The van der Waals surface area contributed by atoms with Crippen LogP contribution in [-0.4, -0.2) is 24.5 Å². The van der Waals surface area contributed by atoms with E-state index in [1.807, 2.05) is 6.08 Å². The minimum Gasteiger partial charge on any atom is -0.494 e. The van der Waals surface area contributed by atoms with Crippen LogP contribution in [0.4, 0.5) is 4.79 Å². The highest BCUT2D eigenvalue weighted by molar-refractivity contribution is 5.61. The number of carbonyl (C=O) groups is 1. The van der Waals surface area contributed by atoms with Crippen molar-refractivity contribution in [3.05, 3.63) is 11.8 Å². The fourth-order valence-electron chi connectivity index (χ4n) is 1.20. The molecule has 0 amide bonds. The van der Waals surface area contributed by atoms with E-state index in [1.54, 1.807) is 27.7 Å². The van der Waals surface area contributed by atoms with E-state index in [-0.39, 0.29) is 6.10 Å². The normalized spacial score (nSPS) is 17.7. The van der Waals surface area contributed by atoms with Gasteiger partial charge < -0.3 is 14.2 Å². The van der Waals surface area contributed by atoms with Crippen LogP contribution in [0.25, 0.3) is 0 Å². The molecule has 0 spiro atoms. The van der Waals surface area contributed by atoms with Crippen molar-refractivity contribution in [2.75, 3.05) is 6.61 Å². The molecule has 1 unspecified atom stereocenters. The van der Waals surface area contributed by atoms with Crippen LogP contribution in [0.5, 0.6) is 0 Å². The Morgan fingerprint density at radius 1 is 1.53 bits per heavy atom. The van der Waals surface area contributed by atoms with E-state index in [4.69, 9.17) is 14.2 Å². The van der Waals surface area contributed by atoms with Gasteiger partial charge in [0.2, 0.25) is 0 Å². The summed E-state index contributed by atoms with van der Waals surface area (Å²) in [4.78, 5) is 11.3. The van der Waals surface area contributed by atoms with Crippen molar-refractivity contribution >= 4 is 6.16 Å². The van der Waals surface area contributed by atoms with Crippen molar-refractivity contribution < 1.29 is 19.0 Å². The average Bonchev–Trinajstić information content (AvgIpc) is 2.50. The Kier molecular flexibility index (Phi) is 3.61. The summed E-state index contributed by atoms with van der Waals surface area (Å²) in [6.07, 6.45) is 1.76. The van der Waals surface area contributed by atoms with Crippen molar-refractivity contribution in [2.24, 2.45) is 0 Å². The summed E-state index contributed by atoms with van der Waals surface area (Å²) >= 11 is 0. The van der Waals surface area contributed by atoms with E-state index >= 15 is 0 Å². The zero-order chi connectivity index (χ0) is 11.5. The van der Waals surface area contributed by atoms with Gasteiger partial charge in [-0.05, 0) is 33.8 Å². The van der Waals surface area contributed by atoms with Crippen LogP contribution < -0.4 is 0 Å². The van der Waals surface area contributed by atoms with Gasteiger partial charge in [0, 0.05) is 6.42 Å². The van der Waals surface area contributed by atoms with E-state index in [0.717, 1.165) is 6.42 Å². The molecule has 0 aromatic heterocycles. The second-order valence-corrected chi connectivity index (χ2v) is 4.47. The highest BCUT2D eigenvalue weighted by atomic mass is 16.7. The van der Waals surface area contributed by atoms with Crippen molar-refractivity contribution in [1.82, 2.24) is 0 Å². The Balaban J connectivity index is 2.37. The molecule has 1 aliphatic heterocycles. The van der Waals surface area contributed by atoms with Gasteiger partial charge in [-0.25, -0.2) is 4.79 Å². The first-order chi connectivity index (χ1) is 6.88. The summed E-state index contributed by atoms with van der Waals surface area (Å²) in [5.74, 6) is 0.709. The van der Waals surface area contributed by atoms with Crippen LogP contribution in [-0.2, 0) is 14.2 Å². The maximum atomic E-state index is 11.3. The monoisotopic (exact) mass is 214 g/mol. The zero-order valence-corrected chi connectivity index (χ0v) is 9.70. The van der Waals surface area contributed by atoms with E-state index in [9.17, 15) is 4.79 Å². The lowest BCUT2D eigenvalue weighted by molar-refractivity contribution is -0.0253. The molecule has 1 heterocycles. The van der Waals surface area contributed by atoms with Gasteiger partial charge in [-0.3, -0.25) is 0 Å². The molecule has 0 aromatic rings. The molecule has 0 saturated carbocycles. The van der Waals surface area contributed by atoms with Crippen molar-refractivity contribution in [3.8, 4) is 0 Å². The number of carbonyl (C=O) groups excluding carboxylic acids is 1. The Labute approximate surface area is 90.2 Å². The van der Waals surface area contributed by atoms with Crippen LogP contribution in [0.15, 0.2) is 11.8 Å². The van der Waals surface area contributed by atoms with Crippen LogP contribution in [0, 0.1) is 0 Å². The molecule has 4 nitrogen and oxygen atoms in total. The van der Waals surface area contributed by atoms with Crippen LogP contribution in [0.1, 0.15) is 34.1 Å². The van der Waals surface area contributed by atoms with Gasteiger partial charge in [-0.15, -0.1) is 0 Å². The van der Waals surface area contributed by atoms with Gasteiger partial charge in [0.15, 0.2) is 6.10 Å². The maximum Gasteiger partial charge on any atom is 0.509 e. The molecule has 0 radical (unpaired) electrons. The molecule has 0 aliphatic carbocycles. The smallest absolute Gasteiger partial charge is 0.494 e. The minimum atomic E-state index is -0.661. The van der Waals surface area contributed by atoms with Crippen molar-refractivity contribution in [2.45, 2.75) is 45.8 Å². The molecule has 0 saturated heterocycles. The van der Waals surface area contributed by atoms with E-state index in [0.29, 0.717) is 12.4 Å². The lowest BCUT2D eigenvalue weighted by Crippen LogP contribution is -2.27. The number of hydrogen-bond donors (Lipinski definition) is 0. The van der Waals surface area contributed by atoms with Gasteiger partial charge in [-0.2, -0.15) is 0 Å². The molecule has 0 aromatic carbocycles. The van der Waals surface area contributed by atoms with Gasteiger partial charge in [-0.1, -0.05) is 0 Å². The highest BCUT2D eigenvalue weighted by Gasteiger charge is 2.22. The molecule has 86 valence electrons. The number of rotatable bonds is 2. The SMILES string of the molecule is CC(OC(=O)OC(C)(C)C)C1=CCCO1. The highest BCUT2D eigenvalue weighted by Crippen LogP contribution is 2.17. The van der Waals surface area contributed by atoms with Crippen LogP contribution >= 0.6 is 0 Å². The Morgan fingerprint density at radius 3 is 2.67 bits per heavy atom. The second kappa shape index (κ2) is 4.55. The van der Waals surface area contributed by atoms with Crippen molar-refractivity contribution in [1.29, 1.82) is 0 Å². The van der Waals surface area contributed by atoms with Gasteiger partial charge in [0.05, 0.1) is 6.61 Å². The molecule has 1 aliphatic rings. The summed E-state index contributed by atoms with van der Waals surface area (Å²) in [6.45, 7) is 7.82. The summed E-state index contributed by atoms with van der Waals surface area (Å²) in [5.41, 5.74) is -0.526. The van der Waals surface area contributed by atoms with E-state index < -0.39 is 11.8 Å². The molecular weight excluding hydrogens is 196 g/mol. The predicted octanol–water partition coefficient (Wildman–Crippen LogP) is 2.63. The standard InChI is InChI=1S/C11H18O4/c1-8(9-6-5-7-13-9)14-10(12)15-11(2,3)4/h6,8H,5,7H2,1-4H3. The molecule has 0 N–H and O–H groups in total. The third kappa shape index (κ3) is 4.23. The maximum absolute atomic E-state index is 11.3. The first kappa shape index (κ1) is 11.9. The average molecular weight is 214 g/mol. The Bertz CT molecular complexity index is 262. The summed E-state index contributed by atoms with van der Waals surface area (Å²) in [5, 5.41) is 0. The molecule has 1 atom stereocenters. The zero-order valence-electron chi connectivity index (χ0n) is 9.70. The predicted molar refractivity (Wildman–Crippen MR) is 55.4 cm³/mol. The van der Waals surface area contributed by atoms with E-state index in [2.05, 4.69) is 0 Å². The Hall–Kier alpha value is -1.19. The quantitative estimate of drug-likeness (QED) is 0.663.